The summed E-state index contributed by atoms with van der Waals surface area (Å²) in [4.78, 5) is 15.0. The zero-order valence-corrected chi connectivity index (χ0v) is 13.9. The van der Waals surface area contributed by atoms with Crippen molar-refractivity contribution < 1.29 is 4.79 Å². The summed E-state index contributed by atoms with van der Waals surface area (Å²) in [6.07, 6.45) is 2.57. The molecule has 1 heterocycles. The van der Waals surface area contributed by atoms with Crippen molar-refractivity contribution in [3.8, 4) is 0 Å². The van der Waals surface area contributed by atoms with E-state index in [1.54, 1.807) is 0 Å². The Morgan fingerprint density at radius 2 is 1.70 bits per heavy atom. The Morgan fingerprint density at radius 1 is 1.04 bits per heavy atom. The van der Waals surface area contributed by atoms with Crippen molar-refractivity contribution in [3.63, 3.8) is 0 Å². The molecule has 3 heteroatoms. The highest BCUT2D eigenvalue weighted by atomic mass is 16.1. The van der Waals surface area contributed by atoms with E-state index in [-0.39, 0.29) is 5.91 Å². The number of likely N-dealkylation sites (tertiary alicyclic amines) is 1. The fourth-order valence-corrected chi connectivity index (χ4v) is 3.21. The molecular formula is C20H24N2O. The van der Waals surface area contributed by atoms with Gasteiger partial charge in [-0.25, -0.2) is 0 Å². The zero-order chi connectivity index (χ0) is 16.2. The number of benzene rings is 2. The first-order valence-corrected chi connectivity index (χ1v) is 8.32. The van der Waals surface area contributed by atoms with Crippen molar-refractivity contribution in [2.24, 2.45) is 0 Å². The van der Waals surface area contributed by atoms with Gasteiger partial charge in [0.2, 0.25) is 0 Å². The number of anilines is 1. The van der Waals surface area contributed by atoms with E-state index in [0.29, 0.717) is 0 Å². The number of carbonyl (C=O) groups excluding carboxylic acids is 1. The van der Waals surface area contributed by atoms with Crippen molar-refractivity contribution in [2.75, 3.05) is 18.4 Å². The highest BCUT2D eigenvalue weighted by molar-refractivity contribution is 6.05. The summed E-state index contributed by atoms with van der Waals surface area (Å²) in [5.41, 5.74) is 5.03. The molecule has 3 nitrogen and oxygen atoms in total. The van der Waals surface area contributed by atoms with E-state index in [1.807, 2.05) is 50.2 Å². The molecule has 1 fully saturated rings. The first kappa shape index (κ1) is 15.8. The van der Waals surface area contributed by atoms with E-state index in [4.69, 9.17) is 0 Å². The van der Waals surface area contributed by atoms with Crippen LogP contribution in [0, 0.1) is 13.8 Å². The van der Waals surface area contributed by atoms with Crippen LogP contribution in [0.2, 0.25) is 0 Å². The maximum Gasteiger partial charge on any atom is 0.255 e. The van der Waals surface area contributed by atoms with E-state index in [2.05, 4.69) is 16.3 Å². The van der Waals surface area contributed by atoms with Crippen LogP contribution < -0.4 is 5.32 Å². The maximum atomic E-state index is 12.6. The zero-order valence-electron chi connectivity index (χ0n) is 13.9. The van der Waals surface area contributed by atoms with Crippen LogP contribution in [0.3, 0.4) is 0 Å². The molecule has 2 aromatic rings. The van der Waals surface area contributed by atoms with Crippen molar-refractivity contribution >= 4 is 11.6 Å². The molecule has 0 aliphatic carbocycles. The predicted octanol–water partition coefficient (Wildman–Crippen LogP) is 4.15. The van der Waals surface area contributed by atoms with Crippen LogP contribution in [-0.2, 0) is 6.54 Å². The molecule has 1 saturated heterocycles. The van der Waals surface area contributed by atoms with Gasteiger partial charge in [0.15, 0.2) is 0 Å². The van der Waals surface area contributed by atoms with Gasteiger partial charge in [0.25, 0.3) is 5.91 Å². The second kappa shape index (κ2) is 6.97. The molecular weight excluding hydrogens is 284 g/mol. The topological polar surface area (TPSA) is 32.3 Å². The van der Waals surface area contributed by atoms with Gasteiger partial charge in [-0.05, 0) is 68.6 Å². The minimum atomic E-state index is -0.0364. The fourth-order valence-electron chi connectivity index (χ4n) is 3.21. The summed E-state index contributed by atoms with van der Waals surface area (Å²) in [5.74, 6) is -0.0364. The number of rotatable bonds is 4. The average Bonchev–Trinajstić information content (AvgIpc) is 3.04. The van der Waals surface area contributed by atoms with E-state index in [1.165, 1.54) is 31.5 Å². The normalized spacial score (nSPS) is 14.9. The molecule has 0 saturated carbocycles. The Kier molecular flexibility index (Phi) is 4.77. The smallest absolute Gasteiger partial charge is 0.255 e. The minimum Gasteiger partial charge on any atom is -0.322 e. The van der Waals surface area contributed by atoms with Gasteiger partial charge in [-0.3, -0.25) is 9.69 Å². The molecule has 1 aliphatic rings. The number of nitrogens with one attached hydrogen (secondary N) is 1. The molecule has 0 bridgehead atoms. The monoisotopic (exact) mass is 308 g/mol. The summed E-state index contributed by atoms with van der Waals surface area (Å²) in [5, 5.41) is 3.06. The predicted molar refractivity (Wildman–Crippen MR) is 94.8 cm³/mol. The van der Waals surface area contributed by atoms with E-state index in [9.17, 15) is 4.79 Å². The maximum absolute atomic E-state index is 12.6. The molecule has 0 spiro atoms. The number of carbonyl (C=O) groups is 1. The Hall–Kier alpha value is -2.13. The third-order valence-corrected chi connectivity index (χ3v) is 4.51. The van der Waals surface area contributed by atoms with Crippen LogP contribution >= 0.6 is 0 Å². The van der Waals surface area contributed by atoms with Gasteiger partial charge in [0, 0.05) is 17.8 Å². The Balaban J connectivity index is 1.74. The second-order valence-corrected chi connectivity index (χ2v) is 6.40. The lowest BCUT2D eigenvalue weighted by molar-refractivity contribution is 0.102. The average molecular weight is 308 g/mol. The molecule has 1 N–H and O–H groups in total. The number of para-hydroxylation sites is 1. The van der Waals surface area contributed by atoms with Crippen LogP contribution in [0.25, 0.3) is 0 Å². The van der Waals surface area contributed by atoms with Crippen LogP contribution in [0.1, 0.15) is 39.9 Å². The molecule has 1 amide bonds. The van der Waals surface area contributed by atoms with Crippen molar-refractivity contribution in [3.05, 3.63) is 64.7 Å². The quantitative estimate of drug-likeness (QED) is 0.920. The Bertz CT molecular complexity index is 682. The van der Waals surface area contributed by atoms with Crippen molar-refractivity contribution in [1.29, 1.82) is 0 Å². The van der Waals surface area contributed by atoms with Crippen LogP contribution in [0.5, 0.6) is 0 Å². The van der Waals surface area contributed by atoms with E-state index in [0.717, 1.165) is 28.9 Å². The molecule has 0 unspecified atom stereocenters. The van der Waals surface area contributed by atoms with Crippen LogP contribution in [0.4, 0.5) is 5.69 Å². The minimum absolute atomic E-state index is 0.0364. The van der Waals surface area contributed by atoms with Crippen LogP contribution in [0.15, 0.2) is 42.5 Å². The summed E-state index contributed by atoms with van der Waals surface area (Å²) < 4.78 is 0. The first-order valence-electron chi connectivity index (χ1n) is 8.32. The number of hydrogen-bond donors (Lipinski definition) is 1. The lowest BCUT2D eigenvalue weighted by Crippen LogP contribution is -2.19. The molecule has 0 atom stereocenters. The highest BCUT2D eigenvalue weighted by Gasteiger charge is 2.14. The largest absolute Gasteiger partial charge is 0.322 e. The van der Waals surface area contributed by atoms with Gasteiger partial charge >= 0.3 is 0 Å². The molecule has 3 rings (SSSR count). The molecule has 2 aromatic carbocycles. The number of hydrogen-bond acceptors (Lipinski definition) is 2. The summed E-state index contributed by atoms with van der Waals surface area (Å²) in [7, 11) is 0. The Morgan fingerprint density at radius 3 is 2.39 bits per heavy atom. The van der Waals surface area contributed by atoms with Gasteiger partial charge in [-0.2, -0.15) is 0 Å². The third-order valence-electron chi connectivity index (χ3n) is 4.51. The molecule has 0 aromatic heterocycles. The van der Waals surface area contributed by atoms with Gasteiger partial charge in [0.05, 0.1) is 0 Å². The fraction of sp³-hybridized carbons (Fsp3) is 0.350. The molecule has 1 aliphatic heterocycles. The summed E-state index contributed by atoms with van der Waals surface area (Å²) >= 11 is 0. The molecule has 23 heavy (non-hydrogen) atoms. The second-order valence-electron chi connectivity index (χ2n) is 6.40. The summed E-state index contributed by atoms with van der Waals surface area (Å²) in [6, 6.07) is 14.0. The molecule has 0 radical (unpaired) electrons. The number of aryl methyl sites for hydroxylation is 2. The lowest BCUT2D eigenvalue weighted by Gasteiger charge is -2.15. The van der Waals surface area contributed by atoms with Gasteiger partial charge in [-0.1, -0.05) is 30.3 Å². The number of amides is 1. The third kappa shape index (κ3) is 3.80. The Labute approximate surface area is 138 Å². The van der Waals surface area contributed by atoms with Gasteiger partial charge in [0.1, 0.15) is 0 Å². The van der Waals surface area contributed by atoms with E-state index >= 15 is 0 Å². The van der Waals surface area contributed by atoms with Crippen LogP contribution in [-0.4, -0.2) is 23.9 Å². The highest BCUT2D eigenvalue weighted by Crippen LogP contribution is 2.21. The van der Waals surface area contributed by atoms with Crippen molar-refractivity contribution in [1.82, 2.24) is 4.90 Å². The van der Waals surface area contributed by atoms with Gasteiger partial charge < -0.3 is 5.32 Å². The van der Waals surface area contributed by atoms with Crippen molar-refractivity contribution in [2.45, 2.75) is 33.2 Å². The first-order chi connectivity index (χ1) is 11.1. The summed E-state index contributed by atoms with van der Waals surface area (Å²) in [6.45, 7) is 7.31. The molecule has 120 valence electrons. The lowest BCUT2D eigenvalue weighted by atomic mass is 10.1. The van der Waals surface area contributed by atoms with E-state index < -0.39 is 0 Å². The SMILES string of the molecule is Cc1cccc(C)c1NC(=O)c1cccc(CN2CCCC2)c1. The number of nitrogens with zero attached hydrogens (tertiary/aromatic N) is 1. The van der Waals surface area contributed by atoms with Gasteiger partial charge in [-0.15, -0.1) is 0 Å². The standard InChI is InChI=1S/C20H24N2O/c1-15-7-5-8-16(2)19(15)21-20(23)18-10-6-9-17(13-18)14-22-11-3-4-12-22/h5-10,13H,3-4,11-12,14H2,1-2H3,(H,21,23).